The van der Waals surface area contributed by atoms with Gasteiger partial charge in [-0.05, 0) is 42.0 Å². The van der Waals surface area contributed by atoms with Crippen LogP contribution in [0, 0.1) is 0 Å². The van der Waals surface area contributed by atoms with Gasteiger partial charge in [0.15, 0.2) is 0 Å². The van der Waals surface area contributed by atoms with E-state index in [4.69, 9.17) is 11.6 Å². The van der Waals surface area contributed by atoms with Crippen molar-refractivity contribution in [1.29, 1.82) is 0 Å². The van der Waals surface area contributed by atoms with Gasteiger partial charge in [-0.2, -0.15) is 0 Å². The second-order valence-corrected chi connectivity index (χ2v) is 9.34. The molecule has 0 bridgehead atoms. The average molecular weight is 419 g/mol. The Morgan fingerprint density at radius 3 is 2.39 bits per heavy atom. The first kappa shape index (κ1) is 19.9. The molecule has 1 saturated carbocycles. The molecular weight excluding hydrogens is 392 g/mol. The number of thiophene rings is 1. The maximum Gasteiger partial charge on any atom is 0.233 e. The highest BCUT2D eigenvalue weighted by Gasteiger charge is 2.45. The van der Waals surface area contributed by atoms with Crippen LogP contribution in [0.1, 0.15) is 42.2 Å². The van der Waals surface area contributed by atoms with Gasteiger partial charge in [0.05, 0.1) is 5.41 Å². The lowest BCUT2D eigenvalue weighted by atomic mass is 9.77. The van der Waals surface area contributed by atoms with Crippen molar-refractivity contribution in [2.75, 3.05) is 32.7 Å². The Bertz CT molecular complexity index is 779. The topological polar surface area (TPSA) is 43.8 Å². The molecule has 4 nitrogen and oxygen atoms in total. The lowest BCUT2D eigenvalue weighted by molar-refractivity contribution is -0.139. The summed E-state index contributed by atoms with van der Waals surface area (Å²) >= 11 is 7.66. The van der Waals surface area contributed by atoms with Gasteiger partial charge in [0.2, 0.25) is 5.91 Å². The van der Waals surface area contributed by atoms with E-state index in [-0.39, 0.29) is 11.3 Å². The Balaban J connectivity index is 1.40. The molecule has 2 aliphatic rings. The highest BCUT2D eigenvalue weighted by Crippen LogP contribution is 2.43. The van der Waals surface area contributed by atoms with Crippen molar-refractivity contribution >= 4 is 28.8 Å². The summed E-state index contributed by atoms with van der Waals surface area (Å²) < 4.78 is 0. The first-order valence-electron chi connectivity index (χ1n) is 10.1. The molecule has 0 radical (unpaired) electrons. The Labute approximate surface area is 175 Å². The summed E-state index contributed by atoms with van der Waals surface area (Å²) in [5.74, 6) is 0.269. The van der Waals surface area contributed by atoms with Crippen LogP contribution in [0.5, 0.6) is 0 Å². The predicted molar refractivity (Wildman–Crippen MR) is 114 cm³/mol. The van der Waals surface area contributed by atoms with Gasteiger partial charge < -0.3 is 10.0 Å². The quantitative estimate of drug-likeness (QED) is 0.795. The fourth-order valence-electron chi connectivity index (χ4n) is 4.63. The number of halogens is 1. The third-order valence-electron chi connectivity index (χ3n) is 6.23. The van der Waals surface area contributed by atoms with Gasteiger partial charge in [-0.3, -0.25) is 9.69 Å². The van der Waals surface area contributed by atoms with Gasteiger partial charge in [-0.1, -0.05) is 42.6 Å². The van der Waals surface area contributed by atoms with Crippen LogP contribution >= 0.6 is 22.9 Å². The molecule has 1 amide bonds. The molecule has 28 heavy (non-hydrogen) atoms. The zero-order valence-electron chi connectivity index (χ0n) is 16.0. The zero-order valence-corrected chi connectivity index (χ0v) is 17.6. The summed E-state index contributed by atoms with van der Waals surface area (Å²) in [7, 11) is 0. The van der Waals surface area contributed by atoms with E-state index in [1.165, 1.54) is 0 Å². The SMILES string of the molecule is O=C(N1CCN(CC(O)c2cccs2)CC1)C1(c2ccc(Cl)cc2)CCCC1. The van der Waals surface area contributed by atoms with Crippen LogP contribution in [0.2, 0.25) is 5.02 Å². The molecule has 2 fully saturated rings. The third-order valence-corrected chi connectivity index (χ3v) is 7.45. The summed E-state index contributed by atoms with van der Waals surface area (Å²) in [5.41, 5.74) is 0.721. The fourth-order valence-corrected chi connectivity index (χ4v) is 5.45. The van der Waals surface area contributed by atoms with E-state index < -0.39 is 6.10 Å². The van der Waals surface area contributed by atoms with Gasteiger partial charge in [0.1, 0.15) is 6.10 Å². The van der Waals surface area contributed by atoms with E-state index in [0.29, 0.717) is 11.6 Å². The Morgan fingerprint density at radius 1 is 1.11 bits per heavy atom. The minimum absolute atomic E-state index is 0.269. The predicted octanol–water partition coefficient (Wildman–Crippen LogP) is 4.09. The molecule has 150 valence electrons. The molecule has 0 spiro atoms. The molecular formula is C22H27ClN2O2S. The van der Waals surface area contributed by atoms with E-state index >= 15 is 0 Å². The van der Waals surface area contributed by atoms with Crippen molar-refractivity contribution in [3.63, 3.8) is 0 Å². The van der Waals surface area contributed by atoms with Crippen LogP contribution in [0.4, 0.5) is 0 Å². The molecule has 1 saturated heterocycles. The van der Waals surface area contributed by atoms with Crippen molar-refractivity contribution < 1.29 is 9.90 Å². The Morgan fingerprint density at radius 2 is 1.79 bits per heavy atom. The van der Waals surface area contributed by atoms with Crippen molar-refractivity contribution in [2.24, 2.45) is 0 Å². The lowest BCUT2D eigenvalue weighted by Gasteiger charge is -2.40. The minimum Gasteiger partial charge on any atom is -0.386 e. The normalized spacial score (nSPS) is 21.0. The summed E-state index contributed by atoms with van der Waals surface area (Å²) in [6, 6.07) is 11.8. The second kappa shape index (κ2) is 8.54. The number of aliphatic hydroxyl groups excluding tert-OH is 1. The standard InChI is InChI=1S/C22H27ClN2O2S/c23-18-7-5-17(6-8-18)22(9-1-2-10-22)21(27)25-13-11-24(12-14-25)16-19(26)20-4-3-15-28-20/h3-8,15,19,26H,1-2,9-14,16H2. The number of hydrogen-bond donors (Lipinski definition) is 1. The molecule has 1 unspecified atom stereocenters. The molecule has 6 heteroatoms. The van der Waals surface area contributed by atoms with Crippen LogP contribution in [0.3, 0.4) is 0 Å². The number of benzene rings is 1. The fraction of sp³-hybridized carbons (Fsp3) is 0.500. The van der Waals surface area contributed by atoms with Crippen LogP contribution < -0.4 is 0 Å². The van der Waals surface area contributed by atoms with Crippen molar-refractivity contribution in [3.05, 3.63) is 57.2 Å². The van der Waals surface area contributed by atoms with Crippen LogP contribution in [-0.4, -0.2) is 53.5 Å². The molecule has 1 N–H and O–H groups in total. The highest BCUT2D eigenvalue weighted by atomic mass is 35.5. The van der Waals surface area contributed by atoms with Crippen molar-refractivity contribution in [1.82, 2.24) is 9.80 Å². The molecule has 1 aliphatic carbocycles. The number of carbonyl (C=O) groups excluding carboxylic acids is 1. The Kier molecular flexibility index (Phi) is 6.07. The smallest absolute Gasteiger partial charge is 0.233 e. The number of rotatable bonds is 5. The maximum absolute atomic E-state index is 13.6. The van der Waals surface area contributed by atoms with Crippen molar-refractivity contribution in [3.8, 4) is 0 Å². The number of aliphatic hydroxyl groups is 1. The summed E-state index contributed by atoms with van der Waals surface area (Å²) in [5, 5.41) is 13.1. The molecule has 1 atom stereocenters. The van der Waals surface area contributed by atoms with E-state index in [1.54, 1.807) is 11.3 Å². The third kappa shape index (κ3) is 3.99. The van der Waals surface area contributed by atoms with E-state index in [9.17, 15) is 9.90 Å². The largest absolute Gasteiger partial charge is 0.386 e. The number of β-amino-alcohol motifs (C(OH)–C–C–N with tert-alkyl or cyclic N) is 1. The molecule has 2 heterocycles. The molecule has 4 rings (SSSR count). The van der Waals surface area contributed by atoms with Crippen LogP contribution in [0.15, 0.2) is 41.8 Å². The van der Waals surface area contributed by atoms with Gasteiger partial charge in [-0.15, -0.1) is 11.3 Å². The van der Waals surface area contributed by atoms with Gasteiger partial charge >= 0.3 is 0 Å². The number of piperazine rings is 1. The number of hydrogen-bond acceptors (Lipinski definition) is 4. The van der Waals surface area contributed by atoms with Crippen LogP contribution in [0.25, 0.3) is 0 Å². The number of amides is 1. The molecule has 1 aliphatic heterocycles. The first-order chi connectivity index (χ1) is 13.6. The zero-order chi connectivity index (χ0) is 19.6. The summed E-state index contributed by atoms with van der Waals surface area (Å²) in [6.07, 6.45) is 3.59. The minimum atomic E-state index is -0.447. The summed E-state index contributed by atoms with van der Waals surface area (Å²) in [6.45, 7) is 3.71. The number of nitrogens with zero attached hydrogens (tertiary/aromatic N) is 2. The molecule has 1 aromatic carbocycles. The number of carbonyl (C=O) groups is 1. The monoisotopic (exact) mass is 418 g/mol. The highest BCUT2D eigenvalue weighted by molar-refractivity contribution is 7.10. The second-order valence-electron chi connectivity index (χ2n) is 7.92. The average Bonchev–Trinajstić information content (AvgIpc) is 3.41. The Hall–Kier alpha value is -1.40. The van der Waals surface area contributed by atoms with E-state index in [1.807, 2.05) is 46.7 Å². The van der Waals surface area contributed by atoms with Crippen LogP contribution in [-0.2, 0) is 10.2 Å². The van der Waals surface area contributed by atoms with Crippen molar-refractivity contribution in [2.45, 2.75) is 37.2 Å². The lowest BCUT2D eigenvalue weighted by Crippen LogP contribution is -2.54. The van der Waals surface area contributed by atoms with Gasteiger partial charge in [-0.25, -0.2) is 0 Å². The first-order valence-corrected chi connectivity index (χ1v) is 11.3. The van der Waals surface area contributed by atoms with E-state index in [2.05, 4.69) is 4.90 Å². The molecule has 2 aromatic rings. The summed E-state index contributed by atoms with van der Waals surface area (Å²) in [4.78, 5) is 18.9. The van der Waals surface area contributed by atoms with Gasteiger partial charge in [0, 0.05) is 42.6 Å². The van der Waals surface area contributed by atoms with Gasteiger partial charge in [0.25, 0.3) is 0 Å². The van der Waals surface area contributed by atoms with E-state index in [0.717, 1.165) is 62.3 Å². The molecule has 1 aromatic heterocycles. The maximum atomic E-state index is 13.6.